The average Bonchev–Trinajstić information content (AvgIpc) is 1.66. The molecule has 15 rings (SSSR count). The van der Waals surface area contributed by atoms with Crippen LogP contribution in [0.25, 0.3) is 50.7 Å². The van der Waals surface area contributed by atoms with Crippen molar-refractivity contribution in [2.75, 3.05) is 41.4 Å². The minimum Gasteiger partial charge on any atom is -0.497 e. The van der Waals surface area contributed by atoms with Crippen molar-refractivity contribution in [3.63, 3.8) is 0 Å². The second-order valence-electron chi connectivity index (χ2n) is 24.5. The molecule has 3 aliphatic heterocycles. The van der Waals surface area contributed by atoms with Crippen molar-refractivity contribution in [3.05, 3.63) is 168 Å². The Hall–Kier alpha value is -10.9. The summed E-state index contributed by atoms with van der Waals surface area (Å²) in [6, 6.07) is 20.4. The third kappa shape index (κ3) is 12.9. The molecule has 0 N–H and O–H groups in total. The number of ketones is 3. The highest BCUT2D eigenvalue weighted by atomic mass is 16.5. The summed E-state index contributed by atoms with van der Waals surface area (Å²) in [5, 5.41) is 26.7. The molecule has 0 bridgehead atoms. The van der Waals surface area contributed by atoms with Crippen molar-refractivity contribution in [2.24, 2.45) is 21.1 Å². The minimum atomic E-state index is -0.0399. The van der Waals surface area contributed by atoms with Gasteiger partial charge in [0.25, 0.3) is 0 Å². The summed E-state index contributed by atoms with van der Waals surface area (Å²) in [6.45, 7) is 13.4. The molecule has 0 aromatic carbocycles. The van der Waals surface area contributed by atoms with Gasteiger partial charge in [0.05, 0.1) is 60.2 Å². The normalized spacial score (nSPS) is 16.3. The van der Waals surface area contributed by atoms with Crippen molar-refractivity contribution in [3.8, 4) is 39.5 Å². The summed E-state index contributed by atoms with van der Waals surface area (Å²) in [7, 11) is 6.93. The number of hydrogen-bond donors (Lipinski definition) is 0. The van der Waals surface area contributed by atoms with Crippen molar-refractivity contribution in [2.45, 2.75) is 111 Å². The molecular formula is C68H74N22O4. The highest BCUT2D eigenvalue weighted by Gasteiger charge is 2.29. The van der Waals surface area contributed by atoms with Gasteiger partial charge in [0, 0.05) is 133 Å². The van der Waals surface area contributed by atoms with E-state index < -0.39 is 0 Å². The number of rotatable bonds is 16. The molecule has 0 saturated carbocycles. The summed E-state index contributed by atoms with van der Waals surface area (Å²) < 4.78 is 15.4. The number of aromatic nitrogens is 19. The zero-order valence-electron chi connectivity index (χ0n) is 54.2. The van der Waals surface area contributed by atoms with Gasteiger partial charge in [-0.3, -0.25) is 43.4 Å². The molecular weight excluding hydrogens is 1190 g/mol. The molecule has 12 aromatic rings. The van der Waals surface area contributed by atoms with Crippen LogP contribution in [0.5, 0.6) is 5.75 Å². The van der Waals surface area contributed by atoms with Crippen molar-refractivity contribution < 1.29 is 19.1 Å². The number of ether oxygens (including phenoxy) is 1. The van der Waals surface area contributed by atoms with Crippen LogP contribution in [0.2, 0.25) is 0 Å². The third-order valence-corrected chi connectivity index (χ3v) is 17.8. The first-order chi connectivity index (χ1) is 45.5. The van der Waals surface area contributed by atoms with Gasteiger partial charge in [-0.05, 0) is 150 Å². The standard InChI is InChI=1S/C23H25N7O2.C23H25N7O.C22H24N8O/c1-15-5-4-9-29(15)23-26-21-12-16(7-10-30(21)27-23)11-20(31)22-18(14-25-28(22)2)19-13-17(32-3)6-8-24-19;1-15-6-8-24-19(11-15)18-14-25-28(3)22(18)20(31)12-17-7-10-30-21(13-17)26-23(27-30)29-9-4-5-16(29)2;1-14-11-23-13-18(25-14)17-12-24-28(3)21(17)19(31)9-16-6-8-30-20(10-16)26-22(27-30)29-7-4-5-15(29)2/h6-8,10,12-15H,4-5,9,11H2,1-3H3;6-8,10-11,13-14,16H,4-5,9,12H2,1-3H3;6,8,10-13,15H,4-5,7,9H2,1-3H3/t15-;16-;15-/m000/s1. The number of carbonyl (C=O) groups excluding carboxylic acids is 3. The number of hydrogen-bond acceptors (Lipinski definition) is 20. The number of carbonyl (C=O) groups is 3. The van der Waals surface area contributed by atoms with E-state index in [0.29, 0.717) is 63.5 Å². The number of anilines is 3. The molecule has 3 saturated heterocycles. The zero-order chi connectivity index (χ0) is 65.3. The van der Waals surface area contributed by atoms with Crippen LogP contribution >= 0.6 is 0 Å². The van der Waals surface area contributed by atoms with Gasteiger partial charge in [0.2, 0.25) is 17.8 Å². The highest BCUT2D eigenvalue weighted by molar-refractivity contribution is 6.03. The number of methoxy groups -OCH3 is 1. The number of aryl methyl sites for hydroxylation is 5. The second-order valence-corrected chi connectivity index (χ2v) is 24.5. The Morgan fingerprint density at radius 3 is 1.24 bits per heavy atom. The first-order valence-electron chi connectivity index (χ1n) is 31.8. The molecule has 0 radical (unpaired) electrons. The zero-order valence-corrected chi connectivity index (χ0v) is 54.2. The Labute approximate surface area is 542 Å². The van der Waals surface area contributed by atoms with Crippen LogP contribution in [0.1, 0.15) is 119 Å². The summed E-state index contributed by atoms with van der Waals surface area (Å²) >= 11 is 0. The predicted octanol–water partition coefficient (Wildman–Crippen LogP) is 8.84. The molecule has 3 atom stereocenters. The van der Waals surface area contributed by atoms with Gasteiger partial charge >= 0.3 is 0 Å². The van der Waals surface area contributed by atoms with Crippen LogP contribution in [0.15, 0.2) is 123 Å². The van der Waals surface area contributed by atoms with Gasteiger partial charge < -0.3 is 19.4 Å². The van der Waals surface area contributed by atoms with Crippen molar-refractivity contribution in [1.29, 1.82) is 0 Å². The van der Waals surface area contributed by atoms with E-state index in [2.05, 4.69) is 86.0 Å². The molecule has 12 aromatic heterocycles. The molecule has 0 unspecified atom stereocenters. The molecule has 0 spiro atoms. The van der Waals surface area contributed by atoms with Crippen LogP contribution in [-0.2, 0) is 40.4 Å². The van der Waals surface area contributed by atoms with E-state index in [4.69, 9.17) is 19.7 Å². The van der Waals surface area contributed by atoms with E-state index in [1.165, 1.54) is 6.42 Å². The topological polar surface area (TPSA) is 266 Å². The fourth-order valence-electron chi connectivity index (χ4n) is 12.8. The van der Waals surface area contributed by atoms with Gasteiger partial charge in [-0.15, -0.1) is 15.3 Å². The van der Waals surface area contributed by atoms with E-state index in [1.807, 2.05) is 81.0 Å². The van der Waals surface area contributed by atoms with Gasteiger partial charge in [-0.2, -0.15) is 30.2 Å². The third-order valence-electron chi connectivity index (χ3n) is 17.8. The molecule has 3 aliphatic rings. The fraction of sp³-hybridized carbons (Fsp3) is 0.353. The van der Waals surface area contributed by atoms with Gasteiger partial charge in [-0.25, -0.2) is 18.5 Å². The van der Waals surface area contributed by atoms with E-state index in [1.54, 1.807) is 111 Å². The lowest BCUT2D eigenvalue weighted by Crippen LogP contribution is -2.27. The number of fused-ring (bicyclic) bond motifs is 3. The first kappa shape index (κ1) is 61.9. The Kier molecular flexibility index (Phi) is 17.4. The number of Topliss-reactive ketones (excluding diaryl/α,β-unsaturated/α-hetero) is 3. The van der Waals surface area contributed by atoms with Crippen LogP contribution in [0, 0.1) is 13.8 Å². The second kappa shape index (κ2) is 26.4. The summed E-state index contributed by atoms with van der Waals surface area (Å²) in [6.07, 6.45) is 25.1. The monoisotopic (exact) mass is 1260 g/mol. The summed E-state index contributed by atoms with van der Waals surface area (Å²) in [5.41, 5.74) is 12.6. The maximum Gasteiger partial charge on any atom is 0.245 e. The van der Waals surface area contributed by atoms with Crippen molar-refractivity contribution in [1.82, 2.24) is 93.1 Å². The largest absolute Gasteiger partial charge is 0.497 e. The van der Waals surface area contributed by atoms with Crippen LogP contribution in [0.4, 0.5) is 17.8 Å². The van der Waals surface area contributed by atoms with E-state index in [0.717, 1.165) is 126 Å². The molecule has 26 heteroatoms. The molecule has 15 heterocycles. The Balaban J connectivity index is 0.000000128. The van der Waals surface area contributed by atoms with E-state index in [-0.39, 0.29) is 36.6 Å². The lowest BCUT2D eigenvalue weighted by molar-refractivity contribution is 0.0976. The molecule has 3 fully saturated rings. The first-order valence-corrected chi connectivity index (χ1v) is 31.8. The molecule has 0 amide bonds. The molecule has 26 nitrogen and oxygen atoms in total. The quantitative estimate of drug-likeness (QED) is 0.0817. The van der Waals surface area contributed by atoms with E-state index in [9.17, 15) is 14.4 Å². The fourth-order valence-corrected chi connectivity index (χ4v) is 12.8. The Morgan fingerprint density at radius 2 is 0.872 bits per heavy atom. The Bertz CT molecular complexity index is 4580. The SMILES string of the molecule is COc1ccnc(-c2cnn(C)c2C(=O)Cc2ccn3nc(N4CCC[C@@H]4C)nc3c2)c1.Cc1ccnc(-c2cnn(C)c2C(=O)Cc2ccn3nc(N4CCC[C@@H]4C)nc3c2)c1.Cc1cncc(-c2cnn(C)c2C(=O)Cc2ccn3nc(N4CCC[C@@H]4C)nc3c2)n1. The molecule has 94 heavy (non-hydrogen) atoms. The Morgan fingerprint density at radius 1 is 0.479 bits per heavy atom. The molecule has 0 aliphatic carbocycles. The van der Waals surface area contributed by atoms with Gasteiger partial charge in [0.1, 0.15) is 22.8 Å². The predicted molar refractivity (Wildman–Crippen MR) is 354 cm³/mol. The minimum absolute atomic E-state index is 0.00411. The van der Waals surface area contributed by atoms with Crippen molar-refractivity contribution >= 4 is 52.1 Å². The maximum atomic E-state index is 13.3. The van der Waals surface area contributed by atoms with Gasteiger partial charge in [-0.1, -0.05) is 0 Å². The number of pyridine rings is 5. The molecule has 480 valence electrons. The lowest BCUT2D eigenvalue weighted by atomic mass is 10.0. The van der Waals surface area contributed by atoms with Crippen LogP contribution in [0.3, 0.4) is 0 Å². The van der Waals surface area contributed by atoms with Crippen LogP contribution < -0.4 is 19.4 Å². The summed E-state index contributed by atoms with van der Waals surface area (Å²) in [4.78, 5) is 78.1. The maximum absolute atomic E-state index is 13.3. The average molecular weight is 1260 g/mol. The van der Waals surface area contributed by atoms with Crippen LogP contribution in [-0.4, -0.2) is 155 Å². The van der Waals surface area contributed by atoms with Gasteiger partial charge in [0.15, 0.2) is 34.3 Å². The lowest BCUT2D eigenvalue weighted by Gasteiger charge is -2.18. The number of nitrogens with zero attached hydrogens (tertiary/aromatic N) is 22. The smallest absolute Gasteiger partial charge is 0.245 e. The summed E-state index contributed by atoms with van der Waals surface area (Å²) in [5.74, 6) is 2.86. The van der Waals surface area contributed by atoms with E-state index >= 15 is 0 Å². The highest BCUT2D eigenvalue weighted by Crippen LogP contribution is 2.30.